The lowest BCUT2D eigenvalue weighted by Gasteiger charge is -2.38. The van der Waals surface area contributed by atoms with Gasteiger partial charge in [0.25, 0.3) is 11.8 Å². The zero-order valence-corrected chi connectivity index (χ0v) is 18.1. The van der Waals surface area contributed by atoms with Crippen LogP contribution < -0.4 is 10.7 Å². The molecule has 0 spiro atoms. The molecule has 2 aliphatic heterocycles. The van der Waals surface area contributed by atoms with Crippen LogP contribution in [0.15, 0.2) is 23.1 Å². The topological polar surface area (TPSA) is 91.6 Å². The minimum Gasteiger partial charge on any atom is -0.503 e. The second-order valence-corrected chi connectivity index (χ2v) is 8.77. The number of nitrogens with zero attached hydrogens (tertiary/aromatic N) is 2. The van der Waals surface area contributed by atoms with E-state index in [1.807, 2.05) is 6.92 Å². The Labute approximate surface area is 183 Å². The summed E-state index contributed by atoms with van der Waals surface area (Å²) in [4.78, 5) is 40.1. The van der Waals surface area contributed by atoms with E-state index in [4.69, 9.17) is 0 Å². The van der Waals surface area contributed by atoms with Crippen molar-refractivity contribution in [3.8, 4) is 5.75 Å². The molecule has 2 aromatic rings. The molecule has 0 saturated carbocycles. The number of hydrogen-bond acceptors (Lipinski definition) is 4. The number of amides is 2. The molecule has 0 radical (unpaired) electrons. The van der Waals surface area contributed by atoms with Gasteiger partial charge in [0.15, 0.2) is 11.4 Å². The highest BCUT2D eigenvalue weighted by atomic mass is 19.1. The maximum atomic E-state index is 14.1. The van der Waals surface area contributed by atoms with E-state index in [0.29, 0.717) is 18.5 Å². The van der Waals surface area contributed by atoms with Gasteiger partial charge >= 0.3 is 0 Å². The van der Waals surface area contributed by atoms with Crippen LogP contribution in [0, 0.1) is 24.5 Å². The minimum absolute atomic E-state index is 0.0435. The van der Waals surface area contributed by atoms with Crippen LogP contribution in [0.5, 0.6) is 5.75 Å². The quantitative estimate of drug-likeness (QED) is 0.760. The van der Waals surface area contributed by atoms with Gasteiger partial charge in [0.05, 0.1) is 6.04 Å². The number of carbonyl (C=O) groups excluding carboxylic acids is 2. The summed E-state index contributed by atoms with van der Waals surface area (Å²) in [6.07, 6.45) is 2.83. The Morgan fingerprint density at radius 3 is 2.50 bits per heavy atom. The lowest BCUT2D eigenvalue weighted by molar-refractivity contribution is 0.0570. The van der Waals surface area contributed by atoms with Crippen molar-refractivity contribution in [3.63, 3.8) is 0 Å². The summed E-state index contributed by atoms with van der Waals surface area (Å²) in [5.41, 5.74) is -1.43. The smallest absolute Gasteiger partial charge is 0.274 e. The van der Waals surface area contributed by atoms with Crippen molar-refractivity contribution in [3.05, 3.63) is 62.6 Å². The zero-order chi connectivity index (χ0) is 23.3. The van der Waals surface area contributed by atoms with Crippen molar-refractivity contribution in [2.24, 2.45) is 5.92 Å². The average molecular weight is 445 g/mol. The zero-order valence-electron chi connectivity index (χ0n) is 18.1. The Morgan fingerprint density at radius 2 is 1.84 bits per heavy atom. The molecule has 32 heavy (non-hydrogen) atoms. The van der Waals surface area contributed by atoms with E-state index >= 15 is 0 Å². The number of aryl methyl sites for hydroxylation is 1. The molecule has 170 valence electrons. The van der Waals surface area contributed by atoms with Gasteiger partial charge in [0.2, 0.25) is 5.43 Å². The van der Waals surface area contributed by atoms with E-state index in [-0.39, 0.29) is 34.8 Å². The van der Waals surface area contributed by atoms with Gasteiger partial charge in [-0.15, -0.1) is 0 Å². The van der Waals surface area contributed by atoms with Gasteiger partial charge < -0.3 is 19.9 Å². The maximum Gasteiger partial charge on any atom is 0.274 e. The van der Waals surface area contributed by atoms with E-state index in [1.54, 1.807) is 11.8 Å². The van der Waals surface area contributed by atoms with Crippen molar-refractivity contribution >= 4 is 11.8 Å². The van der Waals surface area contributed by atoms with E-state index in [2.05, 4.69) is 12.2 Å². The fourth-order valence-electron chi connectivity index (χ4n) is 4.56. The van der Waals surface area contributed by atoms with Gasteiger partial charge in [0.1, 0.15) is 17.2 Å². The summed E-state index contributed by atoms with van der Waals surface area (Å²) < 4.78 is 29.7. The first kappa shape index (κ1) is 22.0. The highest BCUT2D eigenvalue weighted by Crippen LogP contribution is 2.36. The van der Waals surface area contributed by atoms with Crippen LogP contribution in [0.3, 0.4) is 0 Å². The molecule has 2 N–H and O–H groups in total. The molecule has 1 aromatic carbocycles. The number of benzene rings is 1. The maximum absolute atomic E-state index is 14.1. The van der Waals surface area contributed by atoms with Crippen molar-refractivity contribution < 1.29 is 23.5 Å². The van der Waals surface area contributed by atoms with Crippen molar-refractivity contribution in [2.75, 3.05) is 6.54 Å². The molecule has 2 bridgehead atoms. The normalized spacial score (nSPS) is 22.3. The van der Waals surface area contributed by atoms with Crippen LogP contribution in [0.2, 0.25) is 0 Å². The van der Waals surface area contributed by atoms with E-state index in [1.165, 1.54) is 10.8 Å². The van der Waals surface area contributed by atoms with Gasteiger partial charge in [-0.25, -0.2) is 8.78 Å². The number of nitrogens with one attached hydrogen (secondary N) is 1. The summed E-state index contributed by atoms with van der Waals surface area (Å²) in [6, 6.07) is 2.06. The first-order chi connectivity index (χ1) is 15.1. The third kappa shape index (κ3) is 3.55. The summed E-state index contributed by atoms with van der Waals surface area (Å²) in [7, 11) is 0. The fraction of sp³-hybridized carbons (Fsp3) is 0.435. The first-order valence-corrected chi connectivity index (χ1v) is 10.6. The summed E-state index contributed by atoms with van der Waals surface area (Å²) >= 11 is 0. The predicted octanol–water partition coefficient (Wildman–Crippen LogP) is 2.89. The SMILES string of the molecule is Cc1cc(F)c(CNC(=O)c2cn3c(c(O)c2=O)C(=O)N2CC3CCC(C)C2C)c(F)c1. The first-order valence-electron chi connectivity index (χ1n) is 10.6. The van der Waals surface area contributed by atoms with Gasteiger partial charge in [-0.3, -0.25) is 14.4 Å². The van der Waals surface area contributed by atoms with Crippen molar-refractivity contribution in [1.82, 2.24) is 14.8 Å². The summed E-state index contributed by atoms with van der Waals surface area (Å²) in [5, 5.41) is 12.9. The van der Waals surface area contributed by atoms with Crippen LogP contribution in [-0.2, 0) is 6.54 Å². The molecule has 0 aliphatic carbocycles. The molecule has 4 rings (SSSR count). The summed E-state index contributed by atoms with van der Waals surface area (Å²) in [5.74, 6) is -3.49. The molecule has 1 aromatic heterocycles. The Balaban J connectivity index is 1.68. The lowest BCUT2D eigenvalue weighted by atomic mass is 9.98. The monoisotopic (exact) mass is 445 g/mol. The number of rotatable bonds is 3. The van der Waals surface area contributed by atoms with Crippen molar-refractivity contribution in [1.29, 1.82) is 0 Å². The van der Waals surface area contributed by atoms with Gasteiger partial charge in [-0.1, -0.05) is 6.92 Å². The van der Waals surface area contributed by atoms with E-state index < -0.39 is 41.2 Å². The molecule has 2 aliphatic rings. The predicted molar refractivity (Wildman–Crippen MR) is 113 cm³/mol. The number of aromatic hydroxyl groups is 1. The van der Waals surface area contributed by atoms with E-state index in [9.17, 15) is 28.3 Å². The molecule has 3 atom stereocenters. The Hall–Kier alpha value is -3.23. The molecular formula is C23H25F2N3O4. The average Bonchev–Trinajstić information content (AvgIpc) is 2.85. The molecular weight excluding hydrogens is 420 g/mol. The second kappa shape index (κ2) is 8.03. The van der Waals surface area contributed by atoms with Crippen LogP contribution in [0.4, 0.5) is 8.78 Å². The van der Waals surface area contributed by atoms with Crippen LogP contribution in [0.1, 0.15) is 64.7 Å². The highest BCUT2D eigenvalue weighted by molar-refractivity contribution is 5.99. The van der Waals surface area contributed by atoms with Gasteiger partial charge in [0, 0.05) is 30.9 Å². The summed E-state index contributed by atoms with van der Waals surface area (Å²) in [6.45, 7) is 5.49. The van der Waals surface area contributed by atoms with Crippen LogP contribution >= 0.6 is 0 Å². The number of fused-ring (bicyclic) bond motifs is 4. The number of carbonyl (C=O) groups is 2. The Morgan fingerprint density at radius 1 is 1.19 bits per heavy atom. The molecule has 9 heteroatoms. The van der Waals surface area contributed by atoms with Gasteiger partial charge in [-0.2, -0.15) is 0 Å². The Bertz CT molecular complexity index is 1150. The lowest BCUT2D eigenvalue weighted by Crippen LogP contribution is -2.48. The van der Waals surface area contributed by atoms with Gasteiger partial charge in [-0.05, 0) is 50.3 Å². The highest BCUT2D eigenvalue weighted by Gasteiger charge is 2.40. The molecule has 2 amide bonds. The molecule has 1 saturated heterocycles. The number of hydrogen-bond donors (Lipinski definition) is 2. The molecule has 3 heterocycles. The van der Waals surface area contributed by atoms with E-state index in [0.717, 1.165) is 18.6 Å². The number of pyridine rings is 1. The third-order valence-electron chi connectivity index (χ3n) is 6.70. The van der Waals surface area contributed by atoms with Crippen molar-refractivity contribution in [2.45, 2.75) is 52.2 Å². The largest absolute Gasteiger partial charge is 0.503 e. The molecule has 3 unspecified atom stereocenters. The Kier molecular flexibility index (Phi) is 5.52. The standard InChI is InChI=1S/C23H25F2N3O4/c1-11-6-17(24)15(18(25)7-11)8-26-22(31)16-10-28-14-5-4-12(2)13(3)27(9-14)23(32)19(28)21(30)20(16)29/h6-7,10,12-14,30H,4-5,8-9H2,1-3H3,(H,26,31). The number of aromatic nitrogens is 1. The van der Waals surface area contributed by atoms with Crippen LogP contribution in [-0.4, -0.2) is 39.0 Å². The molecule has 7 nitrogen and oxygen atoms in total. The second-order valence-electron chi connectivity index (χ2n) is 8.77. The molecule has 1 fully saturated rings. The minimum atomic E-state index is -0.993. The third-order valence-corrected chi connectivity index (χ3v) is 6.70. The van der Waals surface area contributed by atoms with Crippen LogP contribution in [0.25, 0.3) is 0 Å². The fourth-order valence-corrected chi connectivity index (χ4v) is 4.56. The number of halogens is 2.